The summed E-state index contributed by atoms with van der Waals surface area (Å²) in [6, 6.07) is 16.4. The Morgan fingerprint density at radius 1 is 1.16 bits per heavy atom. The monoisotopic (exact) mass is 337 g/mol. The smallest absolute Gasteiger partial charge is 0.251 e. The zero-order valence-corrected chi connectivity index (χ0v) is 14.9. The number of hydrogen-bond acceptors (Lipinski definition) is 3. The molecule has 0 bridgehead atoms. The van der Waals surface area contributed by atoms with Crippen LogP contribution in [0.25, 0.3) is 0 Å². The maximum atomic E-state index is 11.9. The Labute approximate surface area is 150 Å². The van der Waals surface area contributed by atoms with Crippen LogP contribution in [0.15, 0.2) is 48.5 Å². The van der Waals surface area contributed by atoms with Gasteiger partial charge in [0.2, 0.25) is 0 Å². The number of nitrogens with one attached hydrogen (secondary N) is 1. The lowest BCUT2D eigenvalue weighted by Gasteiger charge is -2.34. The molecular formula is C21H27N3O. The summed E-state index contributed by atoms with van der Waals surface area (Å²) in [4.78, 5) is 14.3. The highest BCUT2D eigenvalue weighted by molar-refractivity contribution is 5.96. The van der Waals surface area contributed by atoms with Gasteiger partial charge in [0.1, 0.15) is 0 Å². The fourth-order valence-electron chi connectivity index (χ4n) is 3.57. The highest BCUT2D eigenvalue weighted by Gasteiger charge is 2.21. The van der Waals surface area contributed by atoms with Gasteiger partial charge in [-0.25, -0.2) is 0 Å². The average Bonchev–Trinajstić information content (AvgIpc) is 2.63. The molecule has 1 saturated heterocycles. The standard InChI is InChI=1S/C21H27N3O/c1-2-23-21(25)18-8-9-20(19(22)15-18)24-12-10-17(11-13-24)14-16-6-4-3-5-7-16/h3-9,15,17H,2,10-14,22H2,1H3,(H,23,25). The van der Waals surface area contributed by atoms with Crippen LogP contribution in [0, 0.1) is 5.92 Å². The largest absolute Gasteiger partial charge is 0.397 e. The van der Waals surface area contributed by atoms with Gasteiger partial charge >= 0.3 is 0 Å². The minimum absolute atomic E-state index is 0.0673. The fraction of sp³-hybridized carbons (Fsp3) is 0.381. The lowest BCUT2D eigenvalue weighted by molar-refractivity contribution is 0.0956. The van der Waals surface area contributed by atoms with Crippen LogP contribution in [0.5, 0.6) is 0 Å². The lowest BCUT2D eigenvalue weighted by Crippen LogP contribution is -2.34. The van der Waals surface area contributed by atoms with Gasteiger partial charge < -0.3 is 16.0 Å². The van der Waals surface area contributed by atoms with Crippen molar-refractivity contribution in [1.82, 2.24) is 5.32 Å². The molecule has 0 spiro atoms. The van der Waals surface area contributed by atoms with Crippen LogP contribution in [0.4, 0.5) is 11.4 Å². The summed E-state index contributed by atoms with van der Waals surface area (Å²) in [6.07, 6.45) is 3.50. The number of carbonyl (C=O) groups is 1. The number of nitrogens with zero attached hydrogens (tertiary/aromatic N) is 1. The minimum atomic E-state index is -0.0673. The summed E-state index contributed by atoms with van der Waals surface area (Å²) < 4.78 is 0. The molecular weight excluding hydrogens is 310 g/mol. The Hall–Kier alpha value is -2.49. The summed E-state index contributed by atoms with van der Waals surface area (Å²) in [6.45, 7) is 4.56. The molecule has 3 N–H and O–H groups in total. The van der Waals surface area contributed by atoms with Gasteiger partial charge in [0.15, 0.2) is 0 Å². The zero-order chi connectivity index (χ0) is 17.6. The van der Waals surface area contributed by atoms with Crippen molar-refractivity contribution in [2.24, 2.45) is 5.92 Å². The summed E-state index contributed by atoms with van der Waals surface area (Å²) >= 11 is 0. The Morgan fingerprint density at radius 2 is 1.88 bits per heavy atom. The summed E-state index contributed by atoms with van der Waals surface area (Å²) in [5.74, 6) is 0.664. The van der Waals surface area contributed by atoms with E-state index >= 15 is 0 Å². The molecule has 0 aromatic heterocycles. The van der Waals surface area contributed by atoms with Crippen LogP contribution in [-0.4, -0.2) is 25.5 Å². The van der Waals surface area contributed by atoms with Crippen molar-refractivity contribution in [1.29, 1.82) is 0 Å². The molecule has 4 nitrogen and oxygen atoms in total. The van der Waals surface area contributed by atoms with Crippen LogP contribution < -0.4 is 16.0 Å². The second-order valence-corrected chi connectivity index (χ2v) is 6.75. The van der Waals surface area contributed by atoms with E-state index in [-0.39, 0.29) is 5.91 Å². The van der Waals surface area contributed by atoms with E-state index in [1.807, 2.05) is 19.1 Å². The Morgan fingerprint density at radius 3 is 2.52 bits per heavy atom. The van der Waals surface area contributed by atoms with Gasteiger partial charge in [0.05, 0.1) is 11.4 Å². The van der Waals surface area contributed by atoms with Crippen LogP contribution in [0.3, 0.4) is 0 Å². The third-order valence-corrected chi connectivity index (χ3v) is 4.95. The first-order valence-electron chi connectivity index (χ1n) is 9.14. The summed E-state index contributed by atoms with van der Waals surface area (Å²) in [5, 5.41) is 2.81. The number of carbonyl (C=O) groups excluding carboxylic acids is 1. The molecule has 1 aliphatic heterocycles. The minimum Gasteiger partial charge on any atom is -0.397 e. The molecule has 25 heavy (non-hydrogen) atoms. The van der Waals surface area contributed by atoms with E-state index in [0.717, 1.165) is 31.1 Å². The van der Waals surface area contributed by atoms with Crippen LogP contribution >= 0.6 is 0 Å². The predicted molar refractivity (Wildman–Crippen MR) is 104 cm³/mol. The zero-order valence-electron chi connectivity index (χ0n) is 14.9. The van der Waals surface area contributed by atoms with Crippen LogP contribution in [0.2, 0.25) is 0 Å². The molecule has 0 saturated carbocycles. The van der Waals surface area contributed by atoms with E-state index < -0.39 is 0 Å². The van der Waals surface area contributed by atoms with Gasteiger partial charge in [-0.15, -0.1) is 0 Å². The number of anilines is 2. The molecule has 2 aromatic rings. The summed E-state index contributed by atoms with van der Waals surface area (Å²) in [5.41, 5.74) is 10.0. The summed E-state index contributed by atoms with van der Waals surface area (Å²) in [7, 11) is 0. The highest BCUT2D eigenvalue weighted by Crippen LogP contribution is 2.30. The SMILES string of the molecule is CCNC(=O)c1ccc(N2CCC(Cc3ccccc3)CC2)c(N)c1. The molecule has 2 aromatic carbocycles. The van der Waals surface area contributed by atoms with Gasteiger partial charge in [-0.3, -0.25) is 4.79 Å². The van der Waals surface area contributed by atoms with Gasteiger partial charge in [-0.2, -0.15) is 0 Å². The van der Waals surface area contributed by atoms with Gasteiger partial charge in [-0.1, -0.05) is 30.3 Å². The van der Waals surface area contributed by atoms with E-state index in [2.05, 4.69) is 40.5 Å². The first kappa shape index (κ1) is 17.3. The van der Waals surface area contributed by atoms with Crippen molar-refractivity contribution >= 4 is 17.3 Å². The van der Waals surface area contributed by atoms with Crippen LogP contribution in [0.1, 0.15) is 35.7 Å². The van der Waals surface area contributed by atoms with E-state index in [9.17, 15) is 4.79 Å². The number of rotatable bonds is 5. The maximum absolute atomic E-state index is 11.9. The van der Waals surface area contributed by atoms with E-state index in [0.29, 0.717) is 17.8 Å². The van der Waals surface area contributed by atoms with Crippen molar-refractivity contribution in [3.8, 4) is 0 Å². The second-order valence-electron chi connectivity index (χ2n) is 6.75. The molecule has 1 amide bonds. The van der Waals surface area contributed by atoms with Crippen molar-refractivity contribution in [3.05, 3.63) is 59.7 Å². The predicted octanol–water partition coefficient (Wildman–Crippen LogP) is 3.48. The topological polar surface area (TPSA) is 58.4 Å². The van der Waals surface area contributed by atoms with Crippen LogP contribution in [-0.2, 0) is 6.42 Å². The molecule has 1 heterocycles. The number of nitrogens with two attached hydrogens (primary N) is 1. The normalized spacial score (nSPS) is 15.2. The van der Waals surface area contributed by atoms with E-state index in [4.69, 9.17) is 5.73 Å². The maximum Gasteiger partial charge on any atom is 0.251 e. The Kier molecular flexibility index (Phi) is 5.59. The van der Waals surface area contributed by atoms with Gasteiger partial charge in [0, 0.05) is 25.2 Å². The van der Waals surface area contributed by atoms with Crippen molar-refractivity contribution < 1.29 is 4.79 Å². The molecule has 1 fully saturated rings. The number of hydrogen-bond donors (Lipinski definition) is 2. The molecule has 0 unspecified atom stereocenters. The second kappa shape index (κ2) is 8.06. The van der Waals surface area contributed by atoms with Crippen molar-refractivity contribution in [2.45, 2.75) is 26.2 Å². The molecule has 1 aliphatic rings. The molecule has 0 atom stereocenters. The quantitative estimate of drug-likeness (QED) is 0.821. The third-order valence-electron chi connectivity index (χ3n) is 4.95. The average molecular weight is 337 g/mol. The molecule has 0 radical (unpaired) electrons. The molecule has 0 aliphatic carbocycles. The molecule has 3 rings (SSSR count). The van der Waals surface area contributed by atoms with Crippen molar-refractivity contribution in [2.75, 3.05) is 30.3 Å². The Bertz CT molecular complexity index is 706. The highest BCUT2D eigenvalue weighted by atomic mass is 16.1. The van der Waals surface area contributed by atoms with Gasteiger partial charge in [0.25, 0.3) is 5.91 Å². The third kappa shape index (κ3) is 4.32. The van der Waals surface area contributed by atoms with Gasteiger partial charge in [-0.05, 0) is 55.9 Å². The first-order valence-corrected chi connectivity index (χ1v) is 9.14. The number of nitrogen functional groups attached to an aromatic ring is 1. The van der Waals surface area contributed by atoms with E-state index in [1.165, 1.54) is 18.4 Å². The Balaban J connectivity index is 1.60. The molecule has 132 valence electrons. The lowest BCUT2D eigenvalue weighted by atomic mass is 9.90. The van der Waals surface area contributed by atoms with Crippen molar-refractivity contribution in [3.63, 3.8) is 0 Å². The number of amides is 1. The first-order chi connectivity index (χ1) is 12.2. The molecule has 4 heteroatoms. The number of piperidine rings is 1. The number of benzene rings is 2. The van der Waals surface area contributed by atoms with E-state index in [1.54, 1.807) is 6.07 Å². The fourth-order valence-corrected chi connectivity index (χ4v) is 3.57.